The van der Waals surface area contributed by atoms with Gasteiger partial charge in [-0.2, -0.15) is 0 Å². The second-order valence-corrected chi connectivity index (χ2v) is 14.2. The van der Waals surface area contributed by atoms with E-state index in [9.17, 15) is 14.4 Å². The third-order valence-electron chi connectivity index (χ3n) is 8.93. The highest BCUT2D eigenvalue weighted by Gasteiger charge is 2.19. The monoisotopic (exact) mass is 753 g/mol. The van der Waals surface area contributed by atoms with Crippen LogP contribution in [0.4, 0.5) is 0 Å². The number of allylic oxidation sites excluding steroid dienone is 12. The molecule has 0 amide bonds. The van der Waals surface area contributed by atoms with E-state index in [-0.39, 0.29) is 31.1 Å². The van der Waals surface area contributed by atoms with Gasteiger partial charge in [-0.05, 0) is 96.3 Å². The molecule has 6 nitrogen and oxygen atoms in total. The minimum Gasteiger partial charge on any atom is -0.462 e. The molecular weight excluding hydrogens is 673 g/mol. The standard InChI is InChI=1S/C48H80O6/c1-4-7-10-13-16-19-21-22-23-24-25-27-29-32-35-38-41-47(50)53-44-45(43-52-46(49)40-37-34-31-28-18-15-12-9-6-3)54-48(51)42-39-36-33-30-26-20-17-14-11-8-5-2/h7,9-10,12,14,16-19,22-23,28,45H,4-6,8,11,13,15,20-21,24-27,29-44H2,1-3H3/b10-7-,12-9-,17-14-,19-16-,23-22-,28-18-. The normalized spacial score (nSPS) is 12.7. The van der Waals surface area contributed by atoms with Crippen molar-refractivity contribution in [2.24, 2.45) is 0 Å². The third kappa shape index (κ3) is 40.0. The first-order valence-electron chi connectivity index (χ1n) is 21.9. The molecule has 0 radical (unpaired) electrons. The van der Waals surface area contributed by atoms with Crippen LogP contribution in [0.1, 0.15) is 194 Å². The van der Waals surface area contributed by atoms with Crippen LogP contribution in [0, 0.1) is 0 Å². The lowest BCUT2D eigenvalue weighted by Crippen LogP contribution is -2.30. The summed E-state index contributed by atoms with van der Waals surface area (Å²) in [4.78, 5) is 37.6. The van der Waals surface area contributed by atoms with Crippen molar-refractivity contribution in [1.82, 2.24) is 0 Å². The predicted molar refractivity (Wildman–Crippen MR) is 228 cm³/mol. The van der Waals surface area contributed by atoms with Gasteiger partial charge in [-0.3, -0.25) is 14.4 Å². The van der Waals surface area contributed by atoms with Gasteiger partial charge in [0.25, 0.3) is 0 Å². The number of carbonyl (C=O) groups is 3. The Morgan fingerprint density at radius 3 is 1.19 bits per heavy atom. The number of carbonyl (C=O) groups excluding carboxylic acids is 3. The quantitative estimate of drug-likeness (QED) is 0.0270. The molecule has 1 atom stereocenters. The maximum absolute atomic E-state index is 12.7. The van der Waals surface area contributed by atoms with Gasteiger partial charge >= 0.3 is 17.9 Å². The van der Waals surface area contributed by atoms with Crippen molar-refractivity contribution in [2.45, 2.75) is 200 Å². The average molecular weight is 753 g/mol. The Balaban J connectivity index is 4.40. The molecule has 0 saturated heterocycles. The molecule has 0 bridgehead atoms. The summed E-state index contributed by atoms with van der Waals surface area (Å²) in [6.07, 6.45) is 51.8. The summed E-state index contributed by atoms with van der Waals surface area (Å²) in [7, 11) is 0. The number of ether oxygens (including phenoxy) is 3. The first-order chi connectivity index (χ1) is 26.5. The summed E-state index contributed by atoms with van der Waals surface area (Å²) in [5.41, 5.74) is 0. The number of esters is 3. The van der Waals surface area contributed by atoms with E-state index in [2.05, 4.69) is 93.7 Å². The van der Waals surface area contributed by atoms with Crippen LogP contribution >= 0.6 is 0 Å². The molecule has 0 aromatic heterocycles. The second-order valence-electron chi connectivity index (χ2n) is 14.2. The fourth-order valence-corrected chi connectivity index (χ4v) is 5.65. The Morgan fingerprint density at radius 2 is 0.722 bits per heavy atom. The molecule has 0 fully saturated rings. The van der Waals surface area contributed by atoms with E-state index in [4.69, 9.17) is 14.2 Å². The maximum Gasteiger partial charge on any atom is 0.306 e. The van der Waals surface area contributed by atoms with Crippen molar-refractivity contribution in [3.63, 3.8) is 0 Å². The second kappa shape index (κ2) is 42.6. The average Bonchev–Trinajstić information content (AvgIpc) is 3.17. The van der Waals surface area contributed by atoms with E-state index in [0.717, 1.165) is 109 Å². The first-order valence-corrected chi connectivity index (χ1v) is 21.9. The van der Waals surface area contributed by atoms with E-state index in [1.807, 2.05) is 0 Å². The Bertz CT molecular complexity index is 1050. The van der Waals surface area contributed by atoms with Gasteiger partial charge in [0.2, 0.25) is 0 Å². The Morgan fingerprint density at radius 1 is 0.389 bits per heavy atom. The molecule has 0 aliphatic rings. The van der Waals surface area contributed by atoms with Gasteiger partial charge in [0.15, 0.2) is 6.10 Å². The van der Waals surface area contributed by atoms with E-state index in [0.29, 0.717) is 19.3 Å². The molecule has 0 spiro atoms. The highest BCUT2D eigenvalue weighted by Crippen LogP contribution is 2.12. The van der Waals surface area contributed by atoms with Gasteiger partial charge < -0.3 is 14.2 Å². The molecule has 0 aromatic carbocycles. The zero-order valence-electron chi connectivity index (χ0n) is 35.0. The van der Waals surface area contributed by atoms with Crippen LogP contribution in [0.3, 0.4) is 0 Å². The molecule has 308 valence electrons. The van der Waals surface area contributed by atoms with Gasteiger partial charge in [0.1, 0.15) is 13.2 Å². The summed E-state index contributed by atoms with van der Waals surface area (Å²) in [5, 5.41) is 0. The van der Waals surface area contributed by atoms with E-state index in [1.165, 1.54) is 44.9 Å². The smallest absolute Gasteiger partial charge is 0.306 e. The van der Waals surface area contributed by atoms with Gasteiger partial charge in [0.05, 0.1) is 0 Å². The maximum atomic E-state index is 12.7. The van der Waals surface area contributed by atoms with Crippen LogP contribution in [0.5, 0.6) is 0 Å². The zero-order valence-corrected chi connectivity index (χ0v) is 35.0. The van der Waals surface area contributed by atoms with Crippen LogP contribution in [0.15, 0.2) is 72.9 Å². The Labute approximate surface area is 332 Å². The summed E-state index contributed by atoms with van der Waals surface area (Å²) < 4.78 is 16.6. The van der Waals surface area contributed by atoms with Gasteiger partial charge in [0, 0.05) is 19.3 Å². The van der Waals surface area contributed by atoms with Crippen molar-refractivity contribution in [2.75, 3.05) is 13.2 Å². The van der Waals surface area contributed by atoms with E-state index >= 15 is 0 Å². The Kier molecular flexibility index (Phi) is 40.1. The summed E-state index contributed by atoms with van der Waals surface area (Å²) in [5.74, 6) is -0.965. The lowest BCUT2D eigenvalue weighted by Gasteiger charge is -2.18. The lowest BCUT2D eigenvalue weighted by atomic mass is 10.1. The first kappa shape index (κ1) is 50.9. The minimum absolute atomic E-state index is 0.0971. The summed E-state index contributed by atoms with van der Waals surface area (Å²) in [6.45, 7) is 6.29. The number of hydrogen-bond acceptors (Lipinski definition) is 6. The number of unbranched alkanes of at least 4 members (excludes halogenated alkanes) is 15. The molecule has 54 heavy (non-hydrogen) atoms. The molecular formula is C48H80O6. The van der Waals surface area contributed by atoms with Crippen LogP contribution < -0.4 is 0 Å². The van der Waals surface area contributed by atoms with Crippen LogP contribution in [0.2, 0.25) is 0 Å². The van der Waals surface area contributed by atoms with Crippen LogP contribution in [-0.2, 0) is 28.6 Å². The van der Waals surface area contributed by atoms with Crippen molar-refractivity contribution in [3.8, 4) is 0 Å². The summed E-state index contributed by atoms with van der Waals surface area (Å²) in [6, 6.07) is 0. The molecule has 1 unspecified atom stereocenters. The highest BCUT2D eigenvalue weighted by atomic mass is 16.6. The fraction of sp³-hybridized carbons (Fsp3) is 0.688. The molecule has 6 heteroatoms. The van der Waals surface area contributed by atoms with E-state index in [1.54, 1.807) is 0 Å². The summed E-state index contributed by atoms with van der Waals surface area (Å²) >= 11 is 0. The highest BCUT2D eigenvalue weighted by molar-refractivity contribution is 5.71. The van der Waals surface area contributed by atoms with Gasteiger partial charge in [-0.15, -0.1) is 0 Å². The SMILES string of the molecule is CC/C=C\C/C=C\C/C=C\CCCCCCCCC(=O)OCC(COC(=O)CCCC/C=C\C/C=C\CC)OC(=O)CCCCCCC/C=C\CCCC. The molecule has 0 aliphatic heterocycles. The van der Waals surface area contributed by atoms with Crippen molar-refractivity contribution >= 4 is 17.9 Å². The minimum atomic E-state index is -0.794. The fourth-order valence-electron chi connectivity index (χ4n) is 5.65. The van der Waals surface area contributed by atoms with Gasteiger partial charge in [-0.1, -0.05) is 151 Å². The molecule has 0 aromatic rings. The number of hydrogen-bond donors (Lipinski definition) is 0. The van der Waals surface area contributed by atoms with E-state index < -0.39 is 6.10 Å². The molecule has 0 rings (SSSR count). The largest absolute Gasteiger partial charge is 0.462 e. The molecule has 0 heterocycles. The molecule has 0 saturated carbocycles. The molecule has 0 aliphatic carbocycles. The van der Waals surface area contributed by atoms with Gasteiger partial charge in [-0.25, -0.2) is 0 Å². The Hall–Kier alpha value is -3.15. The third-order valence-corrected chi connectivity index (χ3v) is 8.93. The molecule has 0 N–H and O–H groups in total. The number of rotatable bonds is 38. The van der Waals surface area contributed by atoms with Crippen molar-refractivity contribution in [3.05, 3.63) is 72.9 Å². The van der Waals surface area contributed by atoms with Crippen LogP contribution in [-0.4, -0.2) is 37.2 Å². The lowest BCUT2D eigenvalue weighted by molar-refractivity contribution is -0.167. The van der Waals surface area contributed by atoms with Crippen molar-refractivity contribution < 1.29 is 28.6 Å². The predicted octanol–water partition coefficient (Wildman–Crippen LogP) is 13.9. The topological polar surface area (TPSA) is 78.9 Å². The van der Waals surface area contributed by atoms with Crippen LogP contribution in [0.25, 0.3) is 0 Å². The zero-order chi connectivity index (χ0) is 39.4. The van der Waals surface area contributed by atoms with Crippen molar-refractivity contribution in [1.29, 1.82) is 0 Å².